The number of carbonyl (C=O) groups excluding carboxylic acids is 1. The molecule has 0 unspecified atom stereocenters. The molecular weight excluding hydrogens is 486 g/mol. The van der Waals surface area contributed by atoms with Crippen LogP contribution in [0.25, 0.3) is 11.0 Å². The first-order valence-electron chi connectivity index (χ1n) is 12.4. The average molecular weight is 518 g/mol. The quantitative estimate of drug-likeness (QED) is 0.383. The molecule has 0 atom stereocenters. The fraction of sp³-hybridized carbons (Fsp3) is 0.286. The highest BCUT2D eigenvalue weighted by molar-refractivity contribution is 7.89. The van der Waals surface area contributed by atoms with Gasteiger partial charge in [0.2, 0.25) is 16.0 Å². The highest BCUT2D eigenvalue weighted by atomic mass is 32.2. The molecule has 37 heavy (non-hydrogen) atoms. The summed E-state index contributed by atoms with van der Waals surface area (Å²) in [6.45, 7) is 2.08. The van der Waals surface area contributed by atoms with Crippen molar-refractivity contribution in [1.82, 2.24) is 19.2 Å². The van der Waals surface area contributed by atoms with E-state index in [2.05, 4.69) is 14.9 Å². The van der Waals surface area contributed by atoms with Crippen LogP contribution in [0.15, 0.2) is 77.7 Å². The first-order valence-corrected chi connectivity index (χ1v) is 13.9. The minimum Gasteiger partial charge on any atom is -0.324 e. The molecule has 1 N–H and O–H groups in total. The maximum atomic E-state index is 13.6. The van der Waals surface area contributed by atoms with E-state index in [1.165, 1.54) is 22.0 Å². The average Bonchev–Trinajstić information content (AvgIpc) is 3.34. The number of sulfonamides is 1. The summed E-state index contributed by atoms with van der Waals surface area (Å²) >= 11 is 0. The van der Waals surface area contributed by atoms with Crippen molar-refractivity contribution >= 4 is 32.9 Å². The number of fused-ring (bicyclic) bond motifs is 2. The number of benzene rings is 3. The van der Waals surface area contributed by atoms with Crippen LogP contribution >= 0.6 is 0 Å². The molecule has 8 nitrogen and oxygen atoms in total. The number of aromatic amines is 1. The Balaban J connectivity index is 1.38. The lowest BCUT2D eigenvalue weighted by Crippen LogP contribution is -2.36. The third-order valence-corrected chi connectivity index (χ3v) is 8.56. The normalized spacial score (nSPS) is 14.1. The Morgan fingerprint density at radius 3 is 2.38 bits per heavy atom. The van der Waals surface area contributed by atoms with Crippen LogP contribution in [0.3, 0.4) is 0 Å². The van der Waals surface area contributed by atoms with Crippen molar-refractivity contribution in [3.8, 4) is 0 Å². The van der Waals surface area contributed by atoms with Gasteiger partial charge in [0.25, 0.3) is 5.91 Å². The van der Waals surface area contributed by atoms with E-state index in [1.54, 1.807) is 17.0 Å². The number of nitrogens with one attached hydrogen (secondary N) is 1. The summed E-state index contributed by atoms with van der Waals surface area (Å²) in [6, 6.07) is 21.8. The lowest BCUT2D eigenvalue weighted by Gasteiger charge is -2.28. The minimum absolute atomic E-state index is 0.186. The second-order valence-corrected chi connectivity index (χ2v) is 11.5. The van der Waals surface area contributed by atoms with Gasteiger partial charge in [0.15, 0.2) is 0 Å². The van der Waals surface area contributed by atoms with Crippen LogP contribution < -0.4 is 4.90 Å². The summed E-state index contributed by atoms with van der Waals surface area (Å²) in [5.74, 6) is 0.252. The van der Waals surface area contributed by atoms with Gasteiger partial charge in [-0.25, -0.2) is 13.4 Å². The predicted molar refractivity (Wildman–Crippen MR) is 145 cm³/mol. The number of rotatable bonds is 8. The summed E-state index contributed by atoms with van der Waals surface area (Å²) < 4.78 is 28.2. The number of anilines is 1. The number of hydrogen-bond acceptors (Lipinski definition) is 5. The zero-order valence-corrected chi connectivity index (χ0v) is 21.9. The Morgan fingerprint density at radius 1 is 0.946 bits per heavy atom. The van der Waals surface area contributed by atoms with Gasteiger partial charge in [0.05, 0.1) is 15.9 Å². The Morgan fingerprint density at radius 2 is 1.65 bits per heavy atom. The molecule has 0 bridgehead atoms. The largest absolute Gasteiger partial charge is 0.324 e. The number of aromatic nitrogens is 2. The molecule has 0 radical (unpaired) electrons. The van der Waals surface area contributed by atoms with Crippen LogP contribution in [-0.2, 0) is 23.0 Å². The SMILES string of the molecule is CN(C)CCCN(C(=O)c1ccc(S(=O)(=O)N2CCc3ccccc3C2)cc1)c1nc2ccccc2[nH]1. The Bertz CT molecular complexity index is 1480. The zero-order valence-electron chi connectivity index (χ0n) is 21.1. The number of H-pyrrole nitrogens is 1. The van der Waals surface area contributed by atoms with Crippen LogP contribution in [0.4, 0.5) is 5.95 Å². The Labute approximate surface area is 217 Å². The maximum absolute atomic E-state index is 13.6. The van der Waals surface area contributed by atoms with Gasteiger partial charge in [-0.2, -0.15) is 4.31 Å². The van der Waals surface area contributed by atoms with Crippen molar-refractivity contribution < 1.29 is 13.2 Å². The van der Waals surface area contributed by atoms with Crippen LogP contribution in [0, 0.1) is 0 Å². The number of carbonyl (C=O) groups is 1. The summed E-state index contributed by atoms with van der Waals surface area (Å²) in [7, 11) is 0.311. The van der Waals surface area contributed by atoms with Gasteiger partial charge in [-0.15, -0.1) is 0 Å². The molecular formula is C28H31N5O3S. The predicted octanol–water partition coefficient (Wildman–Crippen LogP) is 3.91. The molecule has 0 fully saturated rings. The molecule has 1 aliphatic heterocycles. The smallest absolute Gasteiger partial charge is 0.260 e. The van der Waals surface area contributed by atoms with E-state index in [-0.39, 0.29) is 10.8 Å². The molecule has 5 rings (SSSR count). The molecule has 4 aromatic rings. The molecule has 1 aliphatic rings. The van der Waals surface area contributed by atoms with Crippen molar-refractivity contribution in [2.24, 2.45) is 0 Å². The van der Waals surface area contributed by atoms with Crippen LogP contribution in [0.5, 0.6) is 0 Å². The molecule has 0 aliphatic carbocycles. The van der Waals surface area contributed by atoms with Gasteiger partial charge in [0, 0.05) is 25.2 Å². The second-order valence-electron chi connectivity index (χ2n) is 9.57. The number of nitrogens with zero attached hydrogens (tertiary/aromatic N) is 4. The van der Waals surface area contributed by atoms with Gasteiger partial charge in [-0.1, -0.05) is 36.4 Å². The van der Waals surface area contributed by atoms with Gasteiger partial charge < -0.3 is 9.88 Å². The fourth-order valence-corrected chi connectivity index (χ4v) is 6.08. The lowest BCUT2D eigenvalue weighted by molar-refractivity contribution is 0.0984. The van der Waals surface area contributed by atoms with Gasteiger partial charge >= 0.3 is 0 Å². The van der Waals surface area contributed by atoms with Crippen LogP contribution in [0.1, 0.15) is 27.9 Å². The second kappa shape index (κ2) is 10.5. The Kier molecular flexibility index (Phi) is 7.10. The first-order chi connectivity index (χ1) is 17.8. The molecule has 0 spiro atoms. The maximum Gasteiger partial charge on any atom is 0.260 e. The number of hydrogen-bond donors (Lipinski definition) is 1. The van der Waals surface area contributed by atoms with E-state index < -0.39 is 10.0 Å². The van der Waals surface area contributed by atoms with Crippen LogP contribution in [0.2, 0.25) is 0 Å². The van der Waals surface area contributed by atoms with Crippen LogP contribution in [-0.4, -0.2) is 67.2 Å². The molecule has 1 amide bonds. The number of para-hydroxylation sites is 2. The van der Waals surface area contributed by atoms with E-state index in [9.17, 15) is 13.2 Å². The molecule has 9 heteroatoms. The Hall–Kier alpha value is -3.53. The van der Waals surface area contributed by atoms with Gasteiger partial charge in [-0.3, -0.25) is 9.69 Å². The monoisotopic (exact) mass is 517 g/mol. The molecule has 1 aromatic heterocycles. The topological polar surface area (TPSA) is 89.6 Å². The third-order valence-electron chi connectivity index (χ3n) is 6.70. The van der Waals surface area contributed by atoms with E-state index in [4.69, 9.17) is 0 Å². The van der Waals surface area contributed by atoms with Crippen molar-refractivity contribution in [2.75, 3.05) is 38.6 Å². The van der Waals surface area contributed by atoms with E-state index in [0.29, 0.717) is 37.6 Å². The third kappa shape index (κ3) is 5.29. The van der Waals surface area contributed by atoms with Gasteiger partial charge in [0.1, 0.15) is 0 Å². The van der Waals surface area contributed by atoms with Crippen molar-refractivity contribution in [3.63, 3.8) is 0 Å². The van der Waals surface area contributed by atoms with Crippen molar-refractivity contribution in [1.29, 1.82) is 0 Å². The molecule has 0 saturated carbocycles. The minimum atomic E-state index is -3.68. The highest BCUT2D eigenvalue weighted by Gasteiger charge is 2.29. The summed E-state index contributed by atoms with van der Waals surface area (Å²) in [5.41, 5.74) is 4.27. The molecule has 192 valence electrons. The van der Waals surface area contributed by atoms with E-state index >= 15 is 0 Å². The van der Waals surface area contributed by atoms with E-state index in [1.807, 2.05) is 62.6 Å². The molecule has 0 saturated heterocycles. The van der Waals surface area contributed by atoms with Crippen molar-refractivity contribution in [3.05, 3.63) is 89.5 Å². The zero-order chi connectivity index (χ0) is 26.0. The lowest BCUT2D eigenvalue weighted by atomic mass is 10.0. The standard InChI is InChI=1S/C28H31N5O3S/c1-31(2)17-7-18-33(28-29-25-10-5-6-11-26(25)30-28)27(34)22-12-14-24(15-13-22)37(35,36)32-19-16-21-8-3-4-9-23(21)20-32/h3-6,8-15H,7,16-20H2,1-2H3,(H,29,30). The highest BCUT2D eigenvalue weighted by Crippen LogP contribution is 2.26. The summed E-state index contributed by atoms with van der Waals surface area (Å²) in [4.78, 5) is 25.4. The first kappa shape index (κ1) is 25.1. The number of amides is 1. The molecule has 3 aromatic carbocycles. The summed E-state index contributed by atoms with van der Waals surface area (Å²) in [5, 5.41) is 0. The van der Waals surface area contributed by atoms with Crippen molar-refractivity contribution in [2.45, 2.75) is 24.3 Å². The van der Waals surface area contributed by atoms with E-state index in [0.717, 1.165) is 29.6 Å². The molecule has 2 heterocycles. The van der Waals surface area contributed by atoms with Gasteiger partial charge in [-0.05, 0) is 81.0 Å². The number of imidazole rings is 1. The fourth-order valence-electron chi connectivity index (χ4n) is 4.67. The summed E-state index contributed by atoms with van der Waals surface area (Å²) in [6.07, 6.45) is 1.45.